The molecular formula is C36H40F3N3O5. The lowest BCUT2D eigenvalue weighted by atomic mass is 9.90. The Morgan fingerprint density at radius 1 is 1.02 bits per heavy atom. The third-order valence-electron chi connectivity index (χ3n) is 8.08. The molecule has 0 aliphatic carbocycles. The molecule has 2 amide bonds. The molecule has 0 saturated carbocycles. The molecule has 1 N–H and O–H groups in total. The number of hydrogen-bond donors (Lipinski definition) is 1. The van der Waals surface area contributed by atoms with Crippen molar-refractivity contribution in [3.63, 3.8) is 0 Å². The SMILES string of the molecule is C#CCOc1cc(C)c(C[C@H](NC(=O)OC(C)(C)C)C(=O)N2CC(C)(C)c3c2cc(Cc2cc(F)c(F)cc2F)c(=O)n3C)c(C)c1. The van der Waals surface area contributed by atoms with Crippen LogP contribution in [-0.4, -0.2) is 41.4 Å². The molecule has 0 bridgehead atoms. The number of halogens is 3. The molecule has 11 heteroatoms. The lowest BCUT2D eigenvalue weighted by Crippen LogP contribution is -2.51. The van der Waals surface area contributed by atoms with E-state index in [1.807, 2.05) is 39.8 Å². The molecule has 2 aromatic carbocycles. The number of benzene rings is 2. The molecule has 1 aliphatic heterocycles. The van der Waals surface area contributed by atoms with Gasteiger partial charge in [0, 0.05) is 43.5 Å². The highest BCUT2D eigenvalue weighted by Crippen LogP contribution is 2.40. The van der Waals surface area contributed by atoms with Crippen LogP contribution in [0.4, 0.5) is 23.7 Å². The van der Waals surface area contributed by atoms with Crippen molar-refractivity contribution in [3.05, 3.63) is 91.6 Å². The normalized spacial score (nSPS) is 14.3. The van der Waals surface area contributed by atoms with E-state index in [0.29, 0.717) is 23.2 Å². The van der Waals surface area contributed by atoms with Gasteiger partial charge in [0.15, 0.2) is 11.6 Å². The van der Waals surface area contributed by atoms with E-state index in [2.05, 4.69) is 11.2 Å². The summed E-state index contributed by atoms with van der Waals surface area (Å²) in [6.45, 7) is 12.9. The second-order valence-corrected chi connectivity index (χ2v) is 13.5. The largest absolute Gasteiger partial charge is 0.481 e. The molecule has 0 spiro atoms. The number of hydrogen-bond acceptors (Lipinski definition) is 5. The Labute approximate surface area is 272 Å². The van der Waals surface area contributed by atoms with Crippen LogP contribution in [0.5, 0.6) is 5.75 Å². The molecule has 250 valence electrons. The number of anilines is 1. The van der Waals surface area contributed by atoms with Gasteiger partial charge in [-0.3, -0.25) is 9.59 Å². The van der Waals surface area contributed by atoms with Gasteiger partial charge in [0.2, 0.25) is 5.91 Å². The second kappa shape index (κ2) is 13.2. The summed E-state index contributed by atoms with van der Waals surface area (Å²) in [7, 11) is 1.55. The first-order chi connectivity index (χ1) is 21.8. The minimum Gasteiger partial charge on any atom is -0.481 e. The zero-order valence-corrected chi connectivity index (χ0v) is 27.9. The Morgan fingerprint density at radius 3 is 2.23 bits per heavy atom. The third-order valence-corrected chi connectivity index (χ3v) is 8.08. The summed E-state index contributed by atoms with van der Waals surface area (Å²) < 4.78 is 54.7. The van der Waals surface area contributed by atoms with Crippen LogP contribution in [0, 0.1) is 43.6 Å². The molecular weight excluding hydrogens is 611 g/mol. The topological polar surface area (TPSA) is 89.9 Å². The number of rotatable bonds is 8. The number of amides is 2. The summed E-state index contributed by atoms with van der Waals surface area (Å²) in [4.78, 5) is 42.5. The summed E-state index contributed by atoms with van der Waals surface area (Å²) in [6, 6.07) is 5.17. The highest BCUT2D eigenvalue weighted by Gasteiger charge is 2.43. The monoisotopic (exact) mass is 651 g/mol. The maximum atomic E-state index is 14.6. The molecule has 8 nitrogen and oxygen atoms in total. The van der Waals surface area contributed by atoms with E-state index in [1.54, 1.807) is 27.8 Å². The number of aryl methyl sites for hydroxylation is 2. The first-order valence-corrected chi connectivity index (χ1v) is 15.2. The number of pyridine rings is 1. The van der Waals surface area contributed by atoms with Crippen molar-refractivity contribution in [1.29, 1.82) is 0 Å². The molecule has 3 aromatic rings. The summed E-state index contributed by atoms with van der Waals surface area (Å²) in [6.07, 6.45) is 4.32. The molecule has 0 saturated heterocycles. The number of carbonyl (C=O) groups is 2. The Balaban J connectivity index is 1.78. The Hall–Kier alpha value is -4.72. The zero-order valence-electron chi connectivity index (χ0n) is 27.9. The molecule has 47 heavy (non-hydrogen) atoms. The van der Waals surface area contributed by atoms with E-state index in [1.165, 1.54) is 15.5 Å². The molecule has 0 radical (unpaired) electrons. The van der Waals surface area contributed by atoms with Gasteiger partial charge in [-0.2, -0.15) is 0 Å². The highest BCUT2D eigenvalue weighted by molar-refractivity contribution is 6.01. The number of carbonyl (C=O) groups excluding carboxylic acids is 2. The van der Waals surface area contributed by atoms with Crippen LogP contribution in [0.2, 0.25) is 0 Å². The Bertz CT molecular complexity index is 1810. The minimum absolute atomic E-state index is 0.0811. The summed E-state index contributed by atoms with van der Waals surface area (Å²) in [5, 5.41) is 2.75. The number of alkyl carbamates (subject to hydrolysis) is 1. The van der Waals surface area contributed by atoms with Crippen molar-refractivity contribution >= 4 is 17.7 Å². The van der Waals surface area contributed by atoms with Crippen LogP contribution >= 0.6 is 0 Å². The van der Waals surface area contributed by atoms with Crippen LogP contribution in [0.1, 0.15) is 68.1 Å². The quantitative estimate of drug-likeness (QED) is 0.246. The summed E-state index contributed by atoms with van der Waals surface area (Å²) in [5.74, 6) is -1.03. The molecule has 0 unspecified atom stereocenters. The first kappa shape index (κ1) is 35.1. The van der Waals surface area contributed by atoms with Crippen molar-refractivity contribution in [2.45, 2.75) is 78.4 Å². The maximum Gasteiger partial charge on any atom is 0.408 e. The molecule has 1 aliphatic rings. The zero-order chi connectivity index (χ0) is 35.0. The van der Waals surface area contributed by atoms with E-state index in [4.69, 9.17) is 15.9 Å². The highest BCUT2D eigenvalue weighted by atomic mass is 19.2. The second-order valence-electron chi connectivity index (χ2n) is 13.5. The van der Waals surface area contributed by atoms with E-state index in [9.17, 15) is 27.6 Å². The molecule has 1 aromatic heterocycles. The number of nitrogens with zero attached hydrogens (tertiary/aromatic N) is 2. The Morgan fingerprint density at radius 2 is 1.64 bits per heavy atom. The van der Waals surface area contributed by atoms with Crippen molar-refractivity contribution in [1.82, 2.24) is 9.88 Å². The predicted octanol–water partition coefficient (Wildman–Crippen LogP) is 5.78. The van der Waals surface area contributed by atoms with Gasteiger partial charge in [0.05, 0.1) is 11.4 Å². The summed E-state index contributed by atoms with van der Waals surface area (Å²) in [5.41, 5.74) is 1.29. The lowest BCUT2D eigenvalue weighted by Gasteiger charge is -2.28. The van der Waals surface area contributed by atoms with Crippen LogP contribution < -0.4 is 20.5 Å². The number of terminal acetylenes is 1. The number of ether oxygens (including phenoxy) is 2. The fraction of sp³-hybridized carbons (Fsp3) is 0.417. The fourth-order valence-electron chi connectivity index (χ4n) is 6.10. The number of aromatic nitrogens is 1. The smallest absolute Gasteiger partial charge is 0.408 e. The fourth-order valence-corrected chi connectivity index (χ4v) is 6.10. The van der Waals surface area contributed by atoms with Crippen molar-refractivity contribution < 1.29 is 32.2 Å². The standard InChI is InChI=1S/C36H40F3N3O5/c1-10-11-46-24-12-20(2)25(21(3)13-24)17-29(40-34(45)47-35(4,5)6)33(44)42-19-36(7,8)31-30(42)16-23(32(43)41(31)9)14-22-15-27(38)28(39)18-26(22)37/h1,12-13,15-16,18,29H,11,14,17,19H2,2-9H3,(H,40,45)/t29-/m0/s1. The van der Waals surface area contributed by atoms with E-state index >= 15 is 0 Å². The maximum absolute atomic E-state index is 14.6. The van der Waals surface area contributed by atoms with Crippen molar-refractivity contribution in [2.75, 3.05) is 18.1 Å². The van der Waals surface area contributed by atoms with Gasteiger partial charge in [0.1, 0.15) is 29.8 Å². The van der Waals surface area contributed by atoms with Crippen LogP contribution in [0.15, 0.2) is 35.1 Å². The van der Waals surface area contributed by atoms with Crippen LogP contribution in [0.3, 0.4) is 0 Å². The van der Waals surface area contributed by atoms with Gasteiger partial charge in [-0.05, 0) is 81.1 Å². The first-order valence-electron chi connectivity index (χ1n) is 15.2. The molecule has 2 heterocycles. The molecule has 0 fully saturated rings. The van der Waals surface area contributed by atoms with Gasteiger partial charge in [-0.15, -0.1) is 6.42 Å². The average molecular weight is 652 g/mol. The van der Waals surface area contributed by atoms with Crippen LogP contribution in [-0.2, 0) is 34.8 Å². The summed E-state index contributed by atoms with van der Waals surface area (Å²) >= 11 is 0. The van der Waals surface area contributed by atoms with E-state index < -0.39 is 52.1 Å². The number of nitrogens with one attached hydrogen (secondary N) is 1. The molecule has 4 rings (SSSR count). The Kier molecular flexibility index (Phi) is 9.86. The van der Waals surface area contributed by atoms with Gasteiger partial charge in [-0.25, -0.2) is 18.0 Å². The van der Waals surface area contributed by atoms with E-state index in [0.717, 1.165) is 22.8 Å². The third kappa shape index (κ3) is 7.64. The van der Waals surface area contributed by atoms with Gasteiger partial charge in [-0.1, -0.05) is 19.8 Å². The van der Waals surface area contributed by atoms with Gasteiger partial charge >= 0.3 is 6.09 Å². The van der Waals surface area contributed by atoms with Crippen molar-refractivity contribution in [2.24, 2.45) is 7.05 Å². The molecule has 1 atom stereocenters. The van der Waals surface area contributed by atoms with Gasteiger partial charge < -0.3 is 24.3 Å². The van der Waals surface area contributed by atoms with Gasteiger partial charge in [0.25, 0.3) is 5.56 Å². The number of fused-ring (bicyclic) bond motifs is 1. The van der Waals surface area contributed by atoms with Crippen molar-refractivity contribution in [3.8, 4) is 18.1 Å². The van der Waals surface area contributed by atoms with Crippen LogP contribution in [0.25, 0.3) is 0 Å². The van der Waals surface area contributed by atoms with E-state index in [-0.39, 0.29) is 37.1 Å². The average Bonchev–Trinajstić information content (AvgIpc) is 3.23. The predicted molar refractivity (Wildman–Crippen MR) is 173 cm³/mol. The lowest BCUT2D eigenvalue weighted by molar-refractivity contribution is -0.120. The minimum atomic E-state index is -1.34.